The maximum Gasteiger partial charge on any atom is 0.411 e. The normalized spacial score (nSPS) is 11.8. The Bertz CT molecular complexity index is 498. The minimum absolute atomic E-state index is 0.159. The van der Waals surface area contributed by atoms with E-state index in [1.54, 1.807) is 0 Å². The van der Waals surface area contributed by atoms with Crippen molar-refractivity contribution in [2.75, 3.05) is 18.9 Å². The molecule has 1 aromatic rings. The SMILES string of the molecule is Cn1cc(N)c(=O)n(CCOCC(F)(F)F)c1=O. The molecule has 0 amide bonds. The molecule has 0 unspecified atom stereocenters. The highest BCUT2D eigenvalue weighted by Crippen LogP contribution is 2.14. The molecule has 0 aliphatic rings. The van der Waals surface area contributed by atoms with Gasteiger partial charge in [-0.05, 0) is 0 Å². The molecular formula is C9H12F3N3O3. The fraction of sp³-hybridized carbons (Fsp3) is 0.556. The summed E-state index contributed by atoms with van der Waals surface area (Å²) in [5.74, 6) is 0. The van der Waals surface area contributed by atoms with E-state index in [4.69, 9.17) is 5.73 Å². The minimum Gasteiger partial charge on any atom is -0.393 e. The maximum atomic E-state index is 11.8. The van der Waals surface area contributed by atoms with E-state index in [2.05, 4.69) is 4.74 Å². The van der Waals surface area contributed by atoms with Crippen LogP contribution in [0, 0.1) is 0 Å². The molecule has 18 heavy (non-hydrogen) atoms. The van der Waals surface area contributed by atoms with E-state index in [1.807, 2.05) is 0 Å². The van der Waals surface area contributed by atoms with Crippen LogP contribution in [0.25, 0.3) is 0 Å². The predicted molar refractivity (Wildman–Crippen MR) is 57.2 cm³/mol. The van der Waals surface area contributed by atoms with Crippen LogP contribution >= 0.6 is 0 Å². The second-order valence-corrected chi connectivity index (χ2v) is 3.60. The van der Waals surface area contributed by atoms with E-state index >= 15 is 0 Å². The first-order chi connectivity index (χ1) is 8.22. The minimum atomic E-state index is -4.44. The first kappa shape index (κ1) is 14.3. The summed E-state index contributed by atoms with van der Waals surface area (Å²) in [6.45, 7) is -2.12. The molecule has 0 atom stereocenters. The maximum absolute atomic E-state index is 11.8. The zero-order valence-corrected chi connectivity index (χ0v) is 9.53. The molecule has 1 rings (SSSR count). The summed E-state index contributed by atoms with van der Waals surface area (Å²) in [5, 5.41) is 0. The summed E-state index contributed by atoms with van der Waals surface area (Å²) < 4.78 is 41.5. The monoisotopic (exact) mass is 267 g/mol. The van der Waals surface area contributed by atoms with Gasteiger partial charge >= 0.3 is 11.9 Å². The molecule has 0 aromatic carbocycles. The van der Waals surface area contributed by atoms with Crippen LogP contribution in [-0.2, 0) is 18.3 Å². The zero-order valence-electron chi connectivity index (χ0n) is 9.53. The lowest BCUT2D eigenvalue weighted by Crippen LogP contribution is -2.40. The Labute approximate surface area is 99.4 Å². The van der Waals surface area contributed by atoms with Crippen molar-refractivity contribution in [3.8, 4) is 0 Å². The first-order valence-corrected chi connectivity index (χ1v) is 4.93. The van der Waals surface area contributed by atoms with Crippen LogP contribution in [0.5, 0.6) is 0 Å². The van der Waals surface area contributed by atoms with Crippen LogP contribution in [-0.4, -0.2) is 28.5 Å². The molecule has 9 heteroatoms. The third kappa shape index (κ3) is 3.62. The van der Waals surface area contributed by atoms with Crippen molar-refractivity contribution < 1.29 is 17.9 Å². The van der Waals surface area contributed by atoms with E-state index < -0.39 is 30.6 Å². The lowest BCUT2D eigenvalue weighted by Gasteiger charge is -2.10. The highest BCUT2D eigenvalue weighted by molar-refractivity contribution is 5.30. The molecule has 0 radical (unpaired) electrons. The van der Waals surface area contributed by atoms with Crippen molar-refractivity contribution in [2.24, 2.45) is 7.05 Å². The summed E-state index contributed by atoms with van der Waals surface area (Å²) in [7, 11) is 1.38. The van der Waals surface area contributed by atoms with Gasteiger partial charge in [-0.25, -0.2) is 4.79 Å². The number of alkyl halides is 3. The quantitative estimate of drug-likeness (QED) is 0.760. The summed E-state index contributed by atoms with van der Waals surface area (Å²) in [5.41, 5.74) is 3.79. The van der Waals surface area contributed by atoms with Gasteiger partial charge in [-0.15, -0.1) is 0 Å². The van der Waals surface area contributed by atoms with E-state index in [1.165, 1.54) is 7.05 Å². The summed E-state index contributed by atoms with van der Waals surface area (Å²) in [4.78, 5) is 23.0. The Morgan fingerprint density at radius 2 is 2.00 bits per heavy atom. The van der Waals surface area contributed by atoms with Gasteiger partial charge in [0, 0.05) is 13.2 Å². The van der Waals surface area contributed by atoms with Gasteiger partial charge in [0.15, 0.2) is 0 Å². The number of aromatic nitrogens is 2. The average Bonchev–Trinajstić information content (AvgIpc) is 2.24. The number of halogens is 3. The van der Waals surface area contributed by atoms with Crippen molar-refractivity contribution in [2.45, 2.75) is 12.7 Å². The van der Waals surface area contributed by atoms with E-state index in [0.717, 1.165) is 15.3 Å². The Morgan fingerprint density at radius 3 is 2.56 bits per heavy atom. The van der Waals surface area contributed by atoms with Crippen molar-refractivity contribution in [3.63, 3.8) is 0 Å². The lowest BCUT2D eigenvalue weighted by atomic mass is 10.5. The number of hydrogen-bond acceptors (Lipinski definition) is 4. The van der Waals surface area contributed by atoms with Gasteiger partial charge in [0.1, 0.15) is 12.3 Å². The van der Waals surface area contributed by atoms with Gasteiger partial charge in [0.25, 0.3) is 5.56 Å². The number of aryl methyl sites for hydroxylation is 1. The number of rotatable bonds is 4. The second kappa shape index (κ2) is 5.25. The molecule has 0 fully saturated rings. The highest BCUT2D eigenvalue weighted by Gasteiger charge is 2.27. The number of nitrogens with zero attached hydrogens (tertiary/aromatic N) is 2. The summed E-state index contributed by atoms with van der Waals surface area (Å²) in [6.07, 6.45) is -3.29. The summed E-state index contributed by atoms with van der Waals surface area (Å²) >= 11 is 0. The van der Waals surface area contributed by atoms with Gasteiger partial charge in [-0.2, -0.15) is 13.2 Å². The molecule has 0 spiro atoms. The largest absolute Gasteiger partial charge is 0.411 e. The molecule has 0 saturated heterocycles. The molecular weight excluding hydrogens is 255 g/mol. The smallest absolute Gasteiger partial charge is 0.393 e. The predicted octanol–water partition coefficient (Wildman–Crippen LogP) is -0.292. The third-order valence-corrected chi connectivity index (χ3v) is 2.08. The van der Waals surface area contributed by atoms with Gasteiger partial charge in [0.2, 0.25) is 0 Å². The number of hydrogen-bond donors (Lipinski definition) is 1. The zero-order chi connectivity index (χ0) is 13.9. The Kier molecular flexibility index (Phi) is 4.17. The molecule has 2 N–H and O–H groups in total. The number of anilines is 1. The molecule has 0 saturated carbocycles. The van der Waals surface area contributed by atoms with Crippen LogP contribution in [0.4, 0.5) is 18.9 Å². The molecule has 6 nitrogen and oxygen atoms in total. The molecule has 0 aliphatic carbocycles. The van der Waals surface area contributed by atoms with Gasteiger partial charge in [-0.1, -0.05) is 0 Å². The highest BCUT2D eigenvalue weighted by atomic mass is 19.4. The third-order valence-electron chi connectivity index (χ3n) is 2.08. The van der Waals surface area contributed by atoms with Crippen molar-refractivity contribution in [1.82, 2.24) is 9.13 Å². The number of nitrogens with two attached hydrogens (primary N) is 1. The van der Waals surface area contributed by atoms with Crippen molar-refractivity contribution in [3.05, 3.63) is 27.0 Å². The average molecular weight is 267 g/mol. The first-order valence-electron chi connectivity index (χ1n) is 4.93. The van der Waals surface area contributed by atoms with Crippen LogP contribution in [0.15, 0.2) is 15.8 Å². The van der Waals surface area contributed by atoms with Gasteiger partial charge in [-0.3, -0.25) is 9.36 Å². The molecule has 1 aromatic heterocycles. The number of nitrogen functional groups attached to an aromatic ring is 1. The molecule has 102 valence electrons. The van der Waals surface area contributed by atoms with Gasteiger partial charge < -0.3 is 15.0 Å². The summed E-state index contributed by atoms with van der Waals surface area (Å²) in [6, 6.07) is 0. The number of ether oxygens (including phenoxy) is 1. The Balaban J connectivity index is 2.75. The van der Waals surface area contributed by atoms with Crippen LogP contribution in [0.2, 0.25) is 0 Å². The fourth-order valence-electron chi connectivity index (χ4n) is 1.29. The lowest BCUT2D eigenvalue weighted by molar-refractivity contribution is -0.174. The Morgan fingerprint density at radius 1 is 1.39 bits per heavy atom. The van der Waals surface area contributed by atoms with E-state index in [9.17, 15) is 22.8 Å². The molecule has 1 heterocycles. The van der Waals surface area contributed by atoms with Crippen molar-refractivity contribution in [1.29, 1.82) is 0 Å². The van der Waals surface area contributed by atoms with E-state index in [0.29, 0.717) is 0 Å². The second-order valence-electron chi connectivity index (χ2n) is 3.60. The molecule has 0 aliphatic heterocycles. The molecule has 0 bridgehead atoms. The standard InChI is InChI=1S/C9H12F3N3O3/c1-14-4-6(13)7(16)15(8(14)17)2-3-18-5-9(10,11)12/h4H,2-3,5,13H2,1H3. The van der Waals surface area contributed by atoms with Gasteiger partial charge in [0.05, 0.1) is 13.2 Å². The Hall–Kier alpha value is -1.77. The van der Waals surface area contributed by atoms with E-state index in [-0.39, 0.29) is 12.2 Å². The van der Waals surface area contributed by atoms with Crippen molar-refractivity contribution >= 4 is 5.69 Å². The van der Waals surface area contributed by atoms with Crippen LogP contribution < -0.4 is 17.0 Å². The van der Waals surface area contributed by atoms with Crippen LogP contribution in [0.1, 0.15) is 0 Å². The fourth-order valence-corrected chi connectivity index (χ4v) is 1.29. The van der Waals surface area contributed by atoms with Crippen LogP contribution in [0.3, 0.4) is 0 Å². The topological polar surface area (TPSA) is 79.2 Å².